The predicted molar refractivity (Wildman–Crippen MR) is 108 cm³/mol. The zero-order valence-electron chi connectivity index (χ0n) is 18.1. The average Bonchev–Trinajstić information content (AvgIpc) is 3.37. The molecule has 0 saturated carbocycles. The van der Waals surface area contributed by atoms with Crippen LogP contribution in [0.15, 0.2) is 16.7 Å². The number of ether oxygens (including phenoxy) is 2. The van der Waals surface area contributed by atoms with E-state index in [-0.39, 0.29) is 29.2 Å². The molecule has 2 fully saturated rings. The molecule has 2 aliphatic heterocycles. The van der Waals surface area contributed by atoms with Crippen LogP contribution in [0.25, 0.3) is 16.9 Å². The molecule has 5 rings (SSSR count). The maximum absolute atomic E-state index is 14.3. The van der Waals surface area contributed by atoms with Crippen molar-refractivity contribution in [2.45, 2.75) is 44.3 Å². The first-order valence-corrected chi connectivity index (χ1v) is 10.9. The quantitative estimate of drug-likeness (QED) is 0.310. The number of hydrogen-bond acceptors (Lipinski definition) is 8. The Kier molecular flexibility index (Phi) is 5.76. The van der Waals surface area contributed by atoms with E-state index in [1.54, 1.807) is 6.92 Å². The van der Waals surface area contributed by atoms with Gasteiger partial charge in [-0.25, -0.2) is 9.18 Å². The highest BCUT2D eigenvalue weighted by molar-refractivity contribution is 5.92. The molecule has 1 aromatic carbocycles. The van der Waals surface area contributed by atoms with Gasteiger partial charge in [0.25, 0.3) is 5.95 Å². The van der Waals surface area contributed by atoms with E-state index in [4.69, 9.17) is 9.26 Å². The third kappa shape index (κ3) is 4.13. The fraction of sp³-hybridized carbons (Fsp3) is 0.524. The van der Waals surface area contributed by atoms with Crippen LogP contribution in [-0.2, 0) is 16.0 Å². The Morgan fingerprint density at radius 1 is 1.24 bits per heavy atom. The van der Waals surface area contributed by atoms with Crippen LogP contribution in [0.4, 0.5) is 17.6 Å². The number of benzene rings is 1. The Morgan fingerprint density at radius 3 is 2.65 bits per heavy atom. The van der Waals surface area contributed by atoms with Crippen molar-refractivity contribution in [3.63, 3.8) is 0 Å². The lowest BCUT2D eigenvalue weighted by molar-refractivity contribution is -0.189. The Bertz CT molecular complexity index is 1210. The Labute approximate surface area is 190 Å². The normalized spacial score (nSPS) is 18.4. The van der Waals surface area contributed by atoms with Crippen molar-refractivity contribution in [1.82, 2.24) is 24.8 Å². The summed E-state index contributed by atoms with van der Waals surface area (Å²) in [6.07, 6.45) is -2.99. The number of likely N-dealkylation sites (tertiary alicyclic amines) is 1. The van der Waals surface area contributed by atoms with Gasteiger partial charge in [0.1, 0.15) is 11.6 Å². The Balaban J connectivity index is 1.42. The number of alkyl halides is 3. The van der Waals surface area contributed by atoms with Crippen LogP contribution in [0.5, 0.6) is 5.75 Å². The van der Waals surface area contributed by atoms with Gasteiger partial charge in [-0.1, -0.05) is 6.92 Å². The van der Waals surface area contributed by atoms with Crippen molar-refractivity contribution in [3.05, 3.63) is 29.5 Å². The standard InChI is InChI=1S/C21H21F4N5O4/c1-2-14-17-15(7-12(22)8-16(17)33-19(31)21(23,24)25)30(27-14)20-26-18(34-28-20)11-9-29(10-11)13-3-5-32-6-4-13/h7-8,11,13H,2-6,9-10H2,1H3. The van der Waals surface area contributed by atoms with Gasteiger partial charge in [0.15, 0.2) is 0 Å². The number of carbonyl (C=O) groups is 1. The van der Waals surface area contributed by atoms with Crippen LogP contribution in [-0.4, -0.2) is 69.3 Å². The maximum Gasteiger partial charge on any atom is 0.491 e. The van der Waals surface area contributed by atoms with E-state index >= 15 is 0 Å². The van der Waals surface area contributed by atoms with Gasteiger partial charge in [0, 0.05) is 44.5 Å². The van der Waals surface area contributed by atoms with Gasteiger partial charge in [0.05, 0.1) is 22.5 Å². The summed E-state index contributed by atoms with van der Waals surface area (Å²) in [6, 6.07) is 2.26. The van der Waals surface area contributed by atoms with E-state index < -0.39 is 23.7 Å². The molecule has 0 N–H and O–H groups in total. The monoisotopic (exact) mass is 483 g/mol. The molecule has 2 aromatic heterocycles. The predicted octanol–water partition coefficient (Wildman–Crippen LogP) is 3.16. The molecule has 13 heteroatoms. The smallest absolute Gasteiger partial charge is 0.419 e. The van der Waals surface area contributed by atoms with Crippen LogP contribution in [0.2, 0.25) is 0 Å². The molecule has 0 aliphatic carbocycles. The first kappa shape index (κ1) is 22.7. The van der Waals surface area contributed by atoms with E-state index in [0.717, 1.165) is 51.3 Å². The Hall–Kier alpha value is -3.06. The lowest BCUT2D eigenvalue weighted by atomic mass is 9.94. The topological polar surface area (TPSA) is 95.5 Å². The van der Waals surface area contributed by atoms with Gasteiger partial charge in [-0.3, -0.25) is 4.90 Å². The first-order valence-electron chi connectivity index (χ1n) is 10.9. The summed E-state index contributed by atoms with van der Waals surface area (Å²) in [6.45, 7) is 4.74. The van der Waals surface area contributed by atoms with E-state index in [2.05, 4.69) is 24.9 Å². The van der Waals surface area contributed by atoms with E-state index in [1.165, 1.54) is 4.68 Å². The molecule has 0 unspecified atom stereocenters. The molecular formula is C21H21F4N5O4. The number of hydrogen-bond donors (Lipinski definition) is 0. The summed E-state index contributed by atoms with van der Waals surface area (Å²) < 4.78 is 68.9. The lowest BCUT2D eigenvalue weighted by Gasteiger charge is -2.44. The molecule has 34 heavy (non-hydrogen) atoms. The molecule has 0 radical (unpaired) electrons. The molecule has 0 atom stereocenters. The number of esters is 1. The summed E-state index contributed by atoms with van der Waals surface area (Å²) in [5.41, 5.74) is 0.354. The highest BCUT2D eigenvalue weighted by Gasteiger charge is 2.42. The first-order chi connectivity index (χ1) is 16.2. The molecule has 3 aromatic rings. The second-order valence-corrected chi connectivity index (χ2v) is 8.32. The number of rotatable bonds is 5. The second kappa shape index (κ2) is 8.62. The maximum atomic E-state index is 14.3. The minimum Gasteiger partial charge on any atom is -0.419 e. The third-order valence-electron chi connectivity index (χ3n) is 6.14. The van der Waals surface area contributed by atoms with Gasteiger partial charge in [-0.2, -0.15) is 27.9 Å². The summed E-state index contributed by atoms with van der Waals surface area (Å²) in [5, 5.41) is 8.34. The zero-order chi connectivity index (χ0) is 24.0. The van der Waals surface area contributed by atoms with Crippen molar-refractivity contribution < 1.29 is 36.4 Å². The van der Waals surface area contributed by atoms with Gasteiger partial charge in [0.2, 0.25) is 5.89 Å². The van der Waals surface area contributed by atoms with E-state index in [9.17, 15) is 22.4 Å². The van der Waals surface area contributed by atoms with Crippen LogP contribution in [0, 0.1) is 5.82 Å². The second-order valence-electron chi connectivity index (χ2n) is 8.32. The molecule has 0 spiro atoms. The Morgan fingerprint density at radius 2 is 1.97 bits per heavy atom. The molecule has 2 saturated heterocycles. The molecule has 2 aliphatic rings. The number of fused-ring (bicyclic) bond motifs is 1. The fourth-order valence-electron chi connectivity index (χ4n) is 4.38. The largest absolute Gasteiger partial charge is 0.491 e. The van der Waals surface area contributed by atoms with Crippen molar-refractivity contribution >= 4 is 16.9 Å². The highest BCUT2D eigenvalue weighted by Crippen LogP contribution is 2.35. The van der Waals surface area contributed by atoms with Crippen molar-refractivity contribution in [1.29, 1.82) is 0 Å². The number of aryl methyl sites for hydroxylation is 1. The number of nitrogens with zero attached hydrogens (tertiary/aromatic N) is 5. The highest BCUT2D eigenvalue weighted by atomic mass is 19.4. The zero-order valence-corrected chi connectivity index (χ0v) is 18.1. The third-order valence-corrected chi connectivity index (χ3v) is 6.14. The van der Waals surface area contributed by atoms with Crippen LogP contribution in [0.1, 0.15) is 37.3 Å². The lowest BCUT2D eigenvalue weighted by Crippen LogP contribution is -2.52. The summed E-state index contributed by atoms with van der Waals surface area (Å²) >= 11 is 0. The van der Waals surface area contributed by atoms with Crippen molar-refractivity contribution in [3.8, 4) is 11.7 Å². The number of carbonyl (C=O) groups excluding carboxylic acids is 1. The summed E-state index contributed by atoms with van der Waals surface area (Å²) in [4.78, 5) is 18.1. The van der Waals surface area contributed by atoms with Gasteiger partial charge in [-0.05, 0) is 24.4 Å². The number of halogens is 4. The van der Waals surface area contributed by atoms with Crippen molar-refractivity contribution in [2.75, 3.05) is 26.3 Å². The molecule has 0 bridgehead atoms. The number of aromatic nitrogens is 4. The SMILES string of the molecule is CCc1nn(-c2noc(C3CN(C4CCOCC4)C3)n2)c2cc(F)cc(OC(=O)C(F)(F)F)c12. The van der Waals surface area contributed by atoms with Crippen molar-refractivity contribution in [2.24, 2.45) is 0 Å². The van der Waals surface area contributed by atoms with Crippen LogP contribution >= 0.6 is 0 Å². The fourth-order valence-corrected chi connectivity index (χ4v) is 4.38. The molecule has 9 nitrogen and oxygen atoms in total. The molecule has 0 amide bonds. The van der Waals surface area contributed by atoms with Gasteiger partial charge < -0.3 is 14.0 Å². The molecule has 182 valence electrons. The minimum atomic E-state index is -5.23. The van der Waals surface area contributed by atoms with E-state index in [0.29, 0.717) is 17.6 Å². The van der Waals surface area contributed by atoms with E-state index in [1.807, 2.05) is 0 Å². The average molecular weight is 483 g/mol. The van der Waals surface area contributed by atoms with Crippen LogP contribution in [0.3, 0.4) is 0 Å². The van der Waals surface area contributed by atoms with Crippen LogP contribution < -0.4 is 4.74 Å². The summed E-state index contributed by atoms with van der Waals surface area (Å²) in [7, 11) is 0. The van der Waals surface area contributed by atoms with Gasteiger partial charge >= 0.3 is 12.1 Å². The minimum absolute atomic E-state index is 0.0166. The van der Waals surface area contributed by atoms with Gasteiger partial charge in [-0.15, -0.1) is 0 Å². The molecular weight excluding hydrogens is 462 g/mol. The summed E-state index contributed by atoms with van der Waals surface area (Å²) in [5.74, 6) is -3.47. The molecule has 4 heterocycles.